The van der Waals surface area contributed by atoms with Crippen molar-refractivity contribution in [2.75, 3.05) is 32.2 Å². The van der Waals surface area contributed by atoms with Crippen molar-refractivity contribution in [2.24, 2.45) is 5.92 Å². The third-order valence-corrected chi connectivity index (χ3v) is 5.09. The maximum atomic E-state index is 12.9. The number of allylic oxidation sites excluding steroid dienone is 1. The van der Waals surface area contributed by atoms with Crippen LogP contribution in [0.15, 0.2) is 35.5 Å². The lowest BCUT2D eigenvalue weighted by molar-refractivity contribution is -0.140. The number of rotatable bonds is 9. The molecule has 0 radical (unpaired) electrons. The molecule has 1 aliphatic rings. The summed E-state index contributed by atoms with van der Waals surface area (Å²) in [7, 11) is 1.56. The van der Waals surface area contributed by atoms with Crippen LogP contribution in [-0.2, 0) is 19.1 Å². The normalized spacial score (nSPS) is 16.5. The van der Waals surface area contributed by atoms with Gasteiger partial charge in [0, 0.05) is 31.5 Å². The lowest BCUT2D eigenvalue weighted by atomic mass is 9.94. The number of thiocarbonyl (C=S) groups is 1. The Morgan fingerprint density at radius 3 is 2.67 bits per heavy atom. The molecule has 2 N–H and O–H groups in total. The zero-order valence-corrected chi connectivity index (χ0v) is 19.1. The molecule has 30 heavy (non-hydrogen) atoms. The van der Waals surface area contributed by atoms with Gasteiger partial charge in [-0.2, -0.15) is 0 Å². The molecule has 0 saturated carbocycles. The Kier molecular flexibility index (Phi) is 8.80. The summed E-state index contributed by atoms with van der Waals surface area (Å²) in [4.78, 5) is 26.9. The topological polar surface area (TPSA) is 79.9 Å². The first-order valence-electron chi connectivity index (χ1n) is 10.1. The molecular weight excluding hydrogens is 402 g/mol. The predicted octanol–water partition coefficient (Wildman–Crippen LogP) is 3.39. The second-order valence-corrected chi connectivity index (χ2v) is 7.91. The van der Waals surface area contributed by atoms with Crippen molar-refractivity contribution in [3.8, 4) is 0 Å². The number of carbonyl (C=O) groups excluding carboxylic acids is 2. The molecular formula is C22H31N3O4S. The fourth-order valence-corrected chi connectivity index (χ4v) is 3.73. The first-order chi connectivity index (χ1) is 14.3. The van der Waals surface area contributed by atoms with E-state index in [1.54, 1.807) is 7.11 Å². The van der Waals surface area contributed by atoms with Crippen LogP contribution < -0.4 is 10.6 Å². The number of nitrogens with zero attached hydrogens (tertiary/aromatic N) is 1. The van der Waals surface area contributed by atoms with Crippen molar-refractivity contribution in [1.29, 1.82) is 0 Å². The van der Waals surface area contributed by atoms with Crippen LogP contribution in [0.25, 0.3) is 0 Å². The molecule has 2 rings (SSSR count). The zero-order valence-electron chi connectivity index (χ0n) is 18.3. The summed E-state index contributed by atoms with van der Waals surface area (Å²) in [5.41, 5.74) is 2.73. The van der Waals surface area contributed by atoms with Gasteiger partial charge in [-0.25, -0.2) is 4.79 Å². The summed E-state index contributed by atoms with van der Waals surface area (Å²) in [5, 5.41) is 6.72. The third-order valence-electron chi connectivity index (χ3n) is 4.75. The molecule has 1 aromatic carbocycles. The summed E-state index contributed by atoms with van der Waals surface area (Å²) < 4.78 is 10.4. The van der Waals surface area contributed by atoms with Gasteiger partial charge in [0.15, 0.2) is 5.11 Å². The average Bonchev–Trinajstić information content (AvgIpc) is 2.67. The molecule has 0 fully saturated rings. The molecule has 0 aromatic heterocycles. The molecule has 1 amide bonds. The fraction of sp³-hybridized carbons (Fsp3) is 0.500. The minimum Gasteiger partial charge on any atom is -0.460 e. The van der Waals surface area contributed by atoms with E-state index in [1.807, 2.05) is 56.9 Å². The Hall–Kier alpha value is -2.45. The molecule has 1 aliphatic heterocycles. The average molecular weight is 434 g/mol. The van der Waals surface area contributed by atoms with Crippen LogP contribution in [0.5, 0.6) is 0 Å². The van der Waals surface area contributed by atoms with E-state index in [-0.39, 0.29) is 18.4 Å². The van der Waals surface area contributed by atoms with E-state index >= 15 is 0 Å². The molecule has 1 aromatic rings. The van der Waals surface area contributed by atoms with Crippen LogP contribution in [0.1, 0.15) is 45.7 Å². The molecule has 8 heteroatoms. The van der Waals surface area contributed by atoms with Gasteiger partial charge in [0.2, 0.25) is 5.91 Å². The Morgan fingerprint density at radius 1 is 1.30 bits per heavy atom. The first kappa shape index (κ1) is 23.8. The summed E-state index contributed by atoms with van der Waals surface area (Å²) in [6.07, 6.45) is 0.442. The zero-order chi connectivity index (χ0) is 22.3. The molecule has 0 aliphatic carbocycles. The second-order valence-electron chi connectivity index (χ2n) is 7.53. The van der Waals surface area contributed by atoms with Crippen LogP contribution in [0.3, 0.4) is 0 Å². The summed E-state index contributed by atoms with van der Waals surface area (Å²) >= 11 is 5.52. The van der Waals surface area contributed by atoms with Crippen molar-refractivity contribution >= 4 is 34.9 Å². The lowest BCUT2D eigenvalue weighted by Crippen LogP contribution is -2.47. The largest absolute Gasteiger partial charge is 0.460 e. The lowest BCUT2D eigenvalue weighted by Gasteiger charge is -2.37. The minimum absolute atomic E-state index is 0.0441. The fourth-order valence-electron chi connectivity index (χ4n) is 3.35. The second kappa shape index (κ2) is 11.1. The highest BCUT2D eigenvalue weighted by molar-refractivity contribution is 7.80. The number of ether oxygens (including phenoxy) is 2. The van der Waals surface area contributed by atoms with Crippen molar-refractivity contribution in [2.45, 2.75) is 40.2 Å². The van der Waals surface area contributed by atoms with Crippen LogP contribution in [0.4, 0.5) is 5.69 Å². The maximum absolute atomic E-state index is 12.9. The highest BCUT2D eigenvalue weighted by Crippen LogP contribution is 2.32. The van der Waals surface area contributed by atoms with Gasteiger partial charge in [-0.05, 0) is 49.7 Å². The highest BCUT2D eigenvalue weighted by atomic mass is 32.1. The van der Waals surface area contributed by atoms with E-state index in [2.05, 4.69) is 10.6 Å². The SMILES string of the molecule is CCN1C(=S)N[C@H](c2cccc(NC(=O)CC(C)C)c2)C(C(=O)OCCOC)=C1C. The quantitative estimate of drug-likeness (QED) is 0.351. The standard InChI is InChI=1S/C22H31N3O4S/c1-6-25-15(4)19(21(27)29-11-10-28-5)20(24-22(25)30)16-8-7-9-17(13-16)23-18(26)12-14(2)3/h7-9,13-14,20H,6,10-12H2,1-5H3,(H,23,26)(H,24,30)/t20-/m1/s1. The predicted molar refractivity (Wildman–Crippen MR) is 121 cm³/mol. The molecule has 0 bridgehead atoms. The number of anilines is 1. The van der Waals surface area contributed by atoms with E-state index in [0.29, 0.717) is 35.9 Å². The number of hydrogen-bond acceptors (Lipinski definition) is 5. The minimum atomic E-state index is -0.475. The van der Waals surface area contributed by atoms with E-state index in [4.69, 9.17) is 21.7 Å². The summed E-state index contributed by atoms with van der Waals surface area (Å²) in [5.74, 6) is -0.195. The first-order valence-corrected chi connectivity index (χ1v) is 10.5. The smallest absolute Gasteiger partial charge is 0.338 e. The number of esters is 1. The van der Waals surface area contributed by atoms with Gasteiger partial charge in [0.25, 0.3) is 0 Å². The molecule has 7 nitrogen and oxygen atoms in total. The van der Waals surface area contributed by atoms with Gasteiger partial charge >= 0.3 is 5.97 Å². The van der Waals surface area contributed by atoms with E-state index < -0.39 is 12.0 Å². The van der Waals surface area contributed by atoms with Crippen LogP contribution in [0, 0.1) is 5.92 Å². The Bertz CT molecular complexity index is 822. The molecule has 0 spiro atoms. The van der Waals surface area contributed by atoms with Gasteiger partial charge < -0.3 is 25.0 Å². The van der Waals surface area contributed by atoms with E-state index in [0.717, 1.165) is 11.3 Å². The van der Waals surface area contributed by atoms with Gasteiger partial charge in [0.1, 0.15) is 6.61 Å². The van der Waals surface area contributed by atoms with Crippen molar-refractivity contribution < 1.29 is 19.1 Å². The molecule has 164 valence electrons. The van der Waals surface area contributed by atoms with Crippen LogP contribution in [0.2, 0.25) is 0 Å². The number of carbonyl (C=O) groups is 2. The van der Waals surface area contributed by atoms with E-state index in [9.17, 15) is 9.59 Å². The van der Waals surface area contributed by atoms with E-state index in [1.165, 1.54) is 0 Å². The van der Waals surface area contributed by atoms with Gasteiger partial charge in [-0.3, -0.25) is 4.79 Å². The van der Waals surface area contributed by atoms with Crippen molar-refractivity contribution in [1.82, 2.24) is 10.2 Å². The number of amides is 1. The van der Waals surface area contributed by atoms with Crippen LogP contribution >= 0.6 is 12.2 Å². The monoisotopic (exact) mass is 433 g/mol. The van der Waals surface area contributed by atoms with Crippen molar-refractivity contribution in [3.63, 3.8) is 0 Å². The number of methoxy groups -OCH3 is 1. The Morgan fingerprint density at radius 2 is 2.03 bits per heavy atom. The summed E-state index contributed by atoms with van der Waals surface area (Å²) in [6, 6.07) is 6.96. The number of benzene rings is 1. The Balaban J connectivity index is 2.36. The molecule has 1 atom stereocenters. The van der Waals surface area contributed by atoms with Gasteiger partial charge in [0.05, 0.1) is 18.2 Å². The maximum Gasteiger partial charge on any atom is 0.338 e. The number of nitrogens with one attached hydrogen (secondary N) is 2. The van der Waals surface area contributed by atoms with Gasteiger partial charge in [-0.15, -0.1) is 0 Å². The molecule has 0 unspecified atom stereocenters. The third kappa shape index (κ3) is 6.03. The summed E-state index contributed by atoms with van der Waals surface area (Å²) in [6.45, 7) is 8.95. The highest BCUT2D eigenvalue weighted by Gasteiger charge is 2.34. The molecule has 0 saturated heterocycles. The molecule has 1 heterocycles. The number of hydrogen-bond donors (Lipinski definition) is 2. The van der Waals surface area contributed by atoms with Crippen LogP contribution in [-0.4, -0.2) is 48.8 Å². The van der Waals surface area contributed by atoms with Gasteiger partial charge in [-0.1, -0.05) is 26.0 Å². The van der Waals surface area contributed by atoms with Crippen molar-refractivity contribution in [3.05, 3.63) is 41.1 Å². The Labute approximate surface area is 183 Å².